The molecule has 0 saturated carbocycles. The number of hydrogen-bond donors (Lipinski definition) is 2. The number of rotatable bonds is 2. The molecule has 0 bridgehead atoms. The summed E-state index contributed by atoms with van der Waals surface area (Å²) in [7, 11) is 0. The van der Waals surface area contributed by atoms with Crippen LogP contribution in [0.1, 0.15) is 20.7 Å². The minimum atomic E-state index is -1.59. The highest BCUT2D eigenvalue weighted by Crippen LogP contribution is 2.21. The van der Waals surface area contributed by atoms with E-state index in [2.05, 4.69) is 0 Å². The summed E-state index contributed by atoms with van der Waals surface area (Å²) in [6.45, 7) is 0. The predicted octanol–water partition coefficient (Wildman–Crippen LogP) is 1.04. The van der Waals surface area contributed by atoms with E-state index in [1.54, 1.807) is 0 Å². The molecule has 0 aromatic heterocycles. The molecule has 68 valence electrons. The molecular formula is C8H5FO4. The molecule has 0 fully saturated rings. The van der Waals surface area contributed by atoms with E-state index < -0.39 is 28.7 Å². The topological polar surface area (TPSA) is 74.6 Å². The lowest BCUT2D eigenvalue weighted by molar-refractivity contribution is 0.0688. The summed E-state index contributed by atoms with van der Waals surface area (Å²) >= 11 is 0. The zero-order valence-corrected chi connectivity index (χ0v) is 6.32. The molecule has 0 heterocycles. The maximum atomic E-state index is 12.8. The monoisotopic (exact) mass is 184 g/mol. The summed E-state index contributed by atoms with van der Waals surface area (Å²) in [6.07, 6.45) is 0.0991. The van der Waals surface area contributed by atoms with E-state index in [1.807, 2.05) is 0 Å². The number of carbonyl (C=O) groups is 2. The summed E-state index contributed by atoms with van der Waals surface area (Å²) in [6, 6.07) is 1.71. The molecule has 13 heavy (non-hydrogen) atoms. The van der Waals surface area contributed by atoms with Crippen molar-refractivity contribution in [3.8, 4) is 5.75 Å². The van der Waals surface area contributed by atoms with Gasteiger partial charge in [0, 0.05) is 0 Å². The van der Waals surface area contributed by atoms with Crippen LogP contribution in [0.5, 0.6) is 5.75 Å². The Morgan fingerprint density at radius 1 is 1.46 bits per heavy atom. The minimum Gasteiger partial charge on any atom is -0.507 e. The van der Waals surface area contributed by atoms with Gasteiger partial charge in [-0.3, -0.25) is 4.79 Å². The van der Waals surface area contributed by atoms with Crippen molar-refractivity contribution in [1.29, 1.82) is 0 Å². The van der Waals surface area contributed by atoms with Crippen molar-refractivity contribution in [2.24, 2.45) is 0 Å². The Morgan fingerprint density at radius 3 is 2.46 bits per heavy atom. The van der Waals surface area contributed by atoms with Gasteiger partial charge in [0.15, 0.2) is 6.29 Å². The molecule has 0 amide bonds. The van der Waals surface area contributed by atoms with Gasteiger partial charge in [-0.2, -0.15) is 0 Å². The van der Waals surface area contributed by atoms with Crippen molar-refractivity contribution in [1.82, 2.24) is 0 Å². The normalized spacial score (nSPS) is 9.62. The maximum absolute atomic E-state index is 12.8. The summed E-state index contributed by atoms with van der Waals surface area (Å²) in [5.74, 6) is -3.18. The molecule has 1 aromatic carbocycles. The molecule has 2 N–H and O–H groups in total. The first kappa shape index (κ1) is 9.18. The Morgan fingerprint density at radius 2 is 2.08 bits per heavy atom. The minimum absolute atomic E-state index is 0.0991. The number of carboxylic acid groups (broad SMARTS) is 1. The lowest BCUT2D eigenvalue weighted by Crippen LogP contribution is -2.05. The fourth-order valence-electron chi connectivity index (χ4n) is 0.919. The highest BCUT2D eigenvalue weighted by Gasteiger charge is 2.18. The number of halogens is 1. The number of aromatic carboxylic acids is 1. The second-order valence-electron chi connectivity index (χ2n) is 2.28. The zero-order valence-electron chi connectivity index (χ0n) is 6.32. The van der Waals surface area contributed by atoms with Crippen LogP contribution in [0.15, 0.2) is 12.1 Å². The van der Waals surface area contributed by atoms with E-state index in [0.717, 1.165) is 12.1 Å². The van der Waals surface area contributed by atoms with Gasteiger partial charge in [0.2, 0.25) is 0 Å². The van der Waals surface area contributed by atoms with Crippen molar-refractivity contribution in [3.63, 3.8) is 0 Å². The van der Waals surface area contributed by atoms with E-state index >= 15 is 0 Å². The predicted molar refractivity (Wildman–Crippen MR) is 40.4 cm³/mol. The van der Waals surface area contributed by atoms with E-state index in [9.17, 15) is 14.0 Å². The second kappa shape index (κ2) is 3.22. The number of aromatic hydroxyl groups is 1. The molecule has 0 radical (unpaired) electrons. The Balaban J connectivity index is 3.52. The summed E-state index contributed by atoms with van der Waals surface area (Å²) in [5, 5.41) is 17.5. The Hall–Kier alpha value is -1.91. The van der Waals surface area contributed by atoms with Gasteiger partial charge in [0.25, 0.3) is 0 Å². The number of phenols is 1. The quantitative estimate of drug-likeness (QED) is 0.673. The zero-order chi connectivity index (χ0) is 10.0. The van der Waals surface area contributed by atoms with E-state index in [4.69, 9.17) is 10.2 Å². The van der Waals surface area contributed by atoms with Crippen molar-refractivity contribution in [2.45, 2.75) is 0 Å². The SMILES string of the molecule is O=Cc1c(O)ccc(F)c1C(=O)O. The number of hydrogen-bond acceptors (Lipinski definition) is 3. The van der Waals surface area contributed by atoms with Crippen molar-refractivity contribution >= 4 is 12.3 Å². The molecule has 1 aromatic rings. The molecule has 0 spiro atoms. The van der Waals surface area contributed by atoms with Gasteiger partial charge in [-0.15, -0.1) is 0 Å². The number of benzene rings is 1. The highest BCUT2D eigenvalue weighted by molar-refractivity contribution is 5.99. The molecule has 0 aliphatic carbocycles. The highest BCUT2D eigenvalue weighted by atomic mass is 19.1. The van der Waals surface area contributed by atoms with Crippen molar-refractivity contribution in [2.75, 3.05) is 0 Å². The van der Waals surface area contributed by atoms with Crippen molar-refractivity contribution in [3.05, 3.63) is 29.1 Å². The van der Waals surface area contributed by atoms with Crippen LogP contribution in [-0.2, 0) is 0 Å². The average Bonchev–Trinajstić information content (AvgIpc) is 2.07. The van der Waals surface area contributed by atoms with E-state index in [1.165, 1.54) is 0 Å². The van der Waals surface area contributed by atoms with Gasteiger partial charge in [0.05, 0.1) is 5.56 Å². The smallest absolute Gasteiger partial charge is 0.339 e. The van der Waals surface area contributed by atoms with Gasteiger partial charge in [-0.25, -0.2) is 9.18 Å². The molecule has 5 heteroatoms. The third-order valence-corrected chi connectivity index (χ3v) is 1.50. The van der Waals surface area contributed by atoms with Gasteiger partial charge in [0.1, 0.15) is 17.1 Å². The number of phenolic OH excluding ortho intramolecular Hbond substituents is 1. The standard InChI is InChI=1S/C8H5FO4/c9-5-1-2-6(11)4(3-10)7(5)8(12)13/h1-3,11H,(H,12,13). The van der Waals surface area contributed by atoms with Crippen LogP contribution in [0.2, 0.25) is 0 Å². The molecule has 0 saturated heterocycles. The molecule has 0 aliphatic rings. The van der Waals surface area contributed by atoms with Gasteiger partial charge < -0.3 is 10.2 Å². The summed E-state index contributed by atoms with van der Waals surface area (Å²) in [5.41, 5.74) is -1.36. The maximum Gasteiger partial charge on any atom is 0.339 e. The van der Waals surface area contributed by atoms with Gasteiger partial charge >= 0.3 is 5.97 Å². The van der Waals surface area contributed by atoms with Crippen LogP contribution >= 0.6 is 0 Å². The lowest BCUT2D eigenvalue weighted by Gasteiger charge is -2.02. The lowest BCUT2D eigenvalue weighted by atomic mass is 10.1. The van der Waals surface area contributed by atoms with E-state index in [-0.39, 0.29) is 6.29 Å². The third-order valence-electron chi connectivity index (χ3n) is 1.50. The van der Waals surface area contributed by atoms with Crippen LogP contribution in [0.25, 0.3) is 0 Å². The Labute approximate surface area is 72.2 Å². The first-order valence-electron chi connectivity index (χ1n) is 3.28. The average molecular weight is 184 g/mol. The second-order valence-corrected chi connectivity index (χ2v) is 2.28. The molecule has 0 aliphatic heterocycles. The van der Waals surface area contributed by atoms with Crippen LogP contribution in [0.3, 0.4) is 0 Å². The van der Waals surface area contributed by atoms with Crippen molar-refractivity contribution < 1.29 is 24.2 Å². The summed E-state index contributed by atoms with van der Waals surface area (Å²) < 4.78 is 12.8. The molecule has 0 unspecified atom stereocenters. The number of carbonyl (C=O) groups excluding carboxylic acids is 1. The van der Waals surface area contributed by atoms with Gasteiger partial charge in [-0.05, 0) is 12.1 Å². The molecule has 0 atom stereocenters. The first-order valence-corrected chi connectivity index (χ1v) is 3.28. The van der Waals surface area contributed by atoms with Crippen LogP contribution in [-0.4, -0.2) is 22.5 Å². The first-order chi connectivity index (χ1) is 6.07. The Bertz CT molecular complexity index is 373. The summed E-state index contributed by atoms with van der Waals surface area (Å²) in [4.78, 5) is 20.8. The number of aldehydes is 1. The molecule has 4 nitrogen and oxygen atoms in total. The third kappa shape index (κ3) is 1.48. The fourth-order valence-corrected chi connectivity index (χ4v) is 0.919. The molecular weight excluding hydrogens is 179 g/mol. The Kier molecular flexibility index (Phi) is 2.27. The fraction of sp³-hybridized carbons (Fsp3) is 0. The van der Waals surface area contributed by atoms with Crippen LogP contribution < -0.4 is 0 Å². The van der Waals surface area contributed by atoms with Crippen LogP contribution in [0.4, 0.5) is 4.39 Å². The largest absolute Gasteiger partial charge is 0.507 e. The molecule has 1 rings (SSSR count). The van der Waals surface area contributed by atoms with Crippen LogP contribution in [0, 0.1) is 5.82 Å². The van der Waals surface area contributed by atoms with E-state index in [0.29, 0.717) is 0 Å². The van der Waals surface area contributed by atoms with Gasteiger partial charge in [-0.1, -0.05) is 0 Å². The number of carboxylic acids is 1.